The van der Waals surface area contributed by atoms with E-state index in [4.69, 9.17) is 4.74 Å². The zero-order chi connectivity index (χ0) is 15.0. The van der Waals surface area contributed by atoms with Crippen LogP contribution in [0.1, 0.15) is 44.2 Å². The summed E-state index contributed by atoms with van der Waals surface area (Å²) in [5.74, 6) is 1.28. The van der Waals surface area contributed by atoms with Gasteiger partial charge >= 0.3 is 0 Å². The van der Waals surface area contributed by atoms with Gasteiger partial charge in [-0.15, -0.1) is 0 Å². The predicted molar refractivity (Wildman–Crippen MR) is 86.3 cm³/mol. The van der Waals surface area contributed by atoms with E-state index in [0.717, 1.165) is 48.1 Å². The van der Waals surface area contributed by atoms with Gasteiger partial charge in [-0.2, -0.15) is 0 Å². The van der Waals surface area contributed by atoms with Crippen LogP contribution in [-0.4, -0.2) is 12.5 Å². The lowest BCUT2D eigenvalue weighted by Crippen LogP contribution is -2.35. The van der Waals surface area contributed by atoms with Crippen LogP contribution in [0.5, 0.6) is 5.75 Å². The molecule has 21 heavy (non-hydrogen) atoms. The first-order chi connectivity index (χ1) is 9.97. The van der Waals surface area contributed by atoms with Gasteiger partial charge in [-0.1, -0.05) is 36.2 Å². The molecule has 1 aromatic rings. The highest BCUT2D eigenvalue weighted by Gasteiger charge is 2.39. The molecule has 0 radical (unpaired) electrons. The zero-order valence-corrected chi connectivity index (χ0v) is 14.3. The van der Waals surface area contributed by atoms with E-state index in [1.54, 1.807) is 0 Å². The third-order valence-corrected chi connectivity index (χ3v) is 5.31. The second-order valence-corrected chi connectivity index (χ2v) is 7.72. The molecule has 0 spiro atoms. The fraction of sp³-hybridized carbons (Fsp3) is 0.588. The predicted octanol–water partition coefficient (Wildman–Crippen LogP) is 3.83. The number of nitrogens with one attached hydrogen (secondary N) is 1. The lowest BCUT2D eigenvalue weighted by molar-refractivity contribution is -0.127. The van der Waals surface area contributed by atoms with E-state index in [1.807, 2.05) is 6.07 Å². The van der Waals surface area contributed by atoms with Crippen LogP contribution in [0.15, 0.2) is 16.6 Å². The largest absolute Gasteiger partial charge is 0.493 e. The van der Waals surface area contributed by atoms with E-state index < -0.39 is 0 Å². The summed E-state index contributed by atoms with van der Waals surface area (Å²) in [6.07, 6.45) is 4.25. The number of carbonyl (C=O) groups is 1. The molecule has 0 aromatic heterocycles. The Balaban J connectivity index is 1.70. The Morgan fingerprint density at radius 3 is 3.00 bits per heavy atom. The second-order valence-electron chi connectivity index (χ2n) is 6.80. The van der Waals surface area contributed by atoms with Crippen molar-refractivity contribution < 1.29 is 9.53 Å². The summed E-state index contributed by atoms with van der Waals surface area (Å²) in [7, 11) is 0. The van der Waals surface area contributed by atoms with E-state index in [-0.39, 0.29) is 17.2 Å². The number of benzene rings is 1. The summed E-state index contributed by atoms with van der Waals surface area (Å²) in [6.45, 7) is 5.68. The standard InChI is InChI=1S/C17H22BrNO2/c1-17(2)6-3-4-14(17)16(20)19-10-12-9-13(18)8-11-5-7-21-15(11)12/h8-9,14H,3-7,10H2,1-2H3,(H,19,20). The summed E-state index contributed by atoms with van der Waals surface area (Å²) in [5, 5.41) is 3.11. The van der Waals surface area contributed by atoms with Gasteiger partial charge in [0, 0.05) is 28.9 Å². The van der Waals surface area contributed by atoms with Crippen LogP contribution in [0.3, 0.4) is 0 Å². The topological polar surface area (TPSA) is 38.3 Å². The lowest BCUT2D eigenvalue weighted by Gasteiger charge is -2.26. The molecule has 1 aromatic carbocycles. The molecule has 1 fully saturated rings. The Morgan fingerprint density at radius 2 is 2.29 bits per heavy atom. The molecule has 0 bridgehead atoms. The summed E-state index contributed by atoms with van der Waals surface area (Å²) >= 11 is 3.54. The molecule has 1 N–H and O–H groups in total. The maximum absolute atomic E-state index is 12.5. The highest BCUT2D eigenvalue weighted by molar-refractivity contribution is 9.10. The first kappa shape index (κ1) is 14.9. The molecule has 1 unspecified atom stereocenters. The maximum atomic E-state index is 12.5. The summed E-state index contributed by atoms with van der Waals surface area (Å²) in [4.78, 5) is 12.5. The Bertz CT molecular complexity index is 568. The van der Waals surface area contributed by atoms with Gasteiger partial charge in [-0.3, -0.25) is 4.79 Å². The smallest absolute Gasteiger partial charge is 0.223 e. The van der Waals surface area contributed by atoms with Crippen LogP contribution < -0.4 is 10.1 Å². The quantitative estimate of drug-likeness (QED) is 0.898. The summed E-state index contributed by atoms with van der Waals surface area (Å²) < 4.78 is 6.76. The molecule has 1 atom stereocenters. The Kier molecular flexibility index (Phi) is 4.00. The SMILES string of the molecule is CC1(C)CCCC1C(=O)NCc1cc(Br)cc2c1OCC2. The maximum Gasteiger partial charge on any atom is 0.223 e. The zero-order valence-electron chi connectivity index (χ0n) is 12.7. The molecular weight excluding hydrogens is 330 g/mol. The normalized spacial score (nSPS) is 22.7. The number of halogens is 1. The highest BCUT2D eigenvalue weighted by atomic mass is 79.9. The summed E-state index contributed by atoms with van der Waals surface area (Å²) in [6, 6.07) is 4.15. The fourth-order valence-electron chi connectivity index (χ4n) is 3.60. The van der Waals surface area contributed by atoms with Crippen LogP contribution in [0, 0.1) is 11.3 Å². The number of hydrogen-bond acceptors (Lipinski definition) is 2. The van der Waals surface area contributed by atoms with Crippen molar-refractivity contribution in [2.45, 2.75) is 46.1 Å². The monoisotopic (exact) mass is 351 g/mol. The van der Waals surface area contributed by atoms with Gasteiger partial charge in [0.05, 0.1) is 6.61 Å². The molecule has 3 nitrogen and oxygen atoms in total. The van der Waals surface area contributed by atoms with Crippen molar-refractivity contribution in [1.29, 1.82) is 0 Å². The molecule has 1 heterocycles. The van der Waals surface area contributed by atoms with E-state index in [0.29, 0.717) is 6.54 Å². The van der Waals surface area contributed by atoms with Crippen LogP contribution >= 0.6 is 15.9 Å². The van der Waals surface area contributed by atoms with Gasteiger partial charge in [0.25, 0.3) is 0 Å². The van der Waals surface area contributed by atoms with E-state index in [9.17, 15) is 4.79 Å². The minimum absolute atomic E-state index is 0.125. The molecule has 1 amide bonds. The molecule has 4 heteroatoms. The number of ether oxygens (including phenoxy) is 1. The van der Waals surface area contributed by atoms with Crippen LogP contribution in [0.2, 0.25) is 0 Å². The Hall–Kier alpha value is -1.03. The third-order valence-electron chi connectivity index (χ3n) is 4.85. The number of fused-ring (bicyclic) bond motifs is 1. The molecular formula is C17H22BrNO2. The van der Waals surface area contributed by atoms with Crippen molar-refractivity contribution in [3.8, 4) is 5.75 Å². The Labute approximate surface area is 134 Å². The molecule has 3 rings (SSSR count). The van der Waals surface area contributed by atoms with Gasteiger partial charge < -0.3 is 10.1 Å². The first-order valence-corrected chi connectivity index (χ1v) is 8.48. The van der Waals surface area contributed by atoms with Gasteiger partial charge in [0.15, 0.2) is 0 Å². The number of carbonyl (C=O) groups excluding carboxylic acids is 1. The van der Waals surface area contributed by atoms with Gasteiger partial charge in [-0.25, -0.2) is 0 Å². The van der Waals surface area contributed by atoms with E-state index >= 15 is 0 Å². The Morgan fingerprint density at radius 1 is 1.48 bits per heavy atom. The van der Waals surface area contributed by atoms with Gasteiger partial charge in [-0.05, 0) is 36.0 Å². The molecule has 1 aliphatic carbocycles. The van der Waals surface area contributed by atoms with Crippen LogP contribution in [-0.2, 0) is 17.8 Å². The molecule has 1 aliphatic heterocycles. The summed E-state index contributed by atoms with van der Waals surface area (Å²) in [5.41, 5.74) is 2.43. The third kappa shape index (κ3) is 2.96. The number of hydrogen-bond donors (Lipinski definition) is 1. The van der Waals surface area contributed by atoms with Crippen molar-refractivity contribution in [3.63, 3.8) is 0 Å². The molecule has 1 saturated carbocycles. The van der Waals surface area contributed by atoms with Crippen molar-refractivity contribution >= 4 is 21.8 Å². The highest BCUT2D eigenvalue weighted by Crippen LogP contribution is 2.42. The van der Waals surface area contributed by atoms with Crippen LogP contribution in [0.4, 0.5) is 0 Å². The molecule has 114 valence electrons. The second kappa shape index (κ2) is 5.64. The molecule has 2 aliphatic rings. The van der Waals surface area contributed by atoms with Crippen molar-refractivity contribution in [3.05, 3.63) is 27.7 Å². The molecule has 0 saturated heterocycles. The number of rotatable bonds is 3. The lowest BCUT2D eigenvalue weighted by atomic mass is 9.81. The van der Waals surface area contributed by atoms with E-state index in [2.05, 4.69) is 41.2 Å². The minimum Gasteiger partial charge on any atom is -0.493 e. The number of amides is 1. The van der Waals surface area contributed by atoms with Gasteiger partial charge in [0.1, 0.15) is 5.75 Å². The first-order valence-electron chi connectivity index (χ1n) is 7.69. The fourth-order valence-corrected chi connectivity index (χ4v) is 4.15. The minimum atomic E-state index is 0.125. The van der Waals surface area contributed by atoms with Crippen molar-refractivity contribution in [1.82, 2.24) is 5.32 Å². The average Bonchev–Trinajstić information content (AvgIpc) is 3.01. The van der Waals surface area contributed by atoms with Gasteiger partial charge in [0.2, 0.25) is 5.91 Å². The van der Waals surface area contributed by atoms with Crippen LogP contribution in [0.25, 0.3) is 0 Å². The average molecular weight is 352 g/mol. The van der Waals surface area contributed by atoms with Crippen molar-refractivity contribution in [2.75, 3.05) is 6.61 Å². The van der Waals surface area contributed by atoms with Crippen molar-refractivity contribution in [2.24, 2.45) is 11.3 Å². The van der Waals surface area contributed by atoms with E-state index in [1.165, 1.54) is 5.56 Å².